The molecule has 3 heteroatoms. The number of allylic oxidation sites excluding steroid dienone is 1. The Bertz CT molecular complexity index is 354. The van der Waals surface area contributed by atoms with Crippen molar-refractivity contribution in [3.8, 4) is 0 Å². The van der Waals surface area contributed by atoms with Gasteiger partial charge in [-0.2, -0.15) is 5.11 Å². The third-order valence-electron chi connectivity index (χ3n) is 2.20. The minimum absolute atomic E-state index is 0.796. The molecule has 0 unspecified atom stereocenters. The second kappa shape index (κ2) is 4.05. The Morgan fingerprint density at radius 1 is 1.36 bits per heavy atom. The first-order valence-electron chi connectivity index (χ1n) is 4.78. The van der Waals surface area contributed by atoms with Gasteiger partial charge in [-0.1, -0.05) is 41.6 Å². The molecule has 0 atom stereocenters. The number of benzene rings is 1. The van der Waals surface area contributed by atoms with Crippen molar-refractivity contribution in [2.75, 3.05) is 13.1 Å². The van der Waals surface area contributed by atoms with E-state index in [2.05, 4.69) is 28.5 Å². The zero-order chi connectivity index (χ0) is 9.80. The smallest absolute Gasteiger partial charge is 0.0817 e. The Morgan fingerprint density at radius 3 is 2.71 bits per heavy atom. The first-order valence-corrected chi connectivity index (χ1v) is 4.78. The van der Waals surface area contributed by atoms with Crippen LogP contribution in [-0.2, 0) is 0 Å². The molecule has 0 aromatic heterocycles. The minimum Gasteiger partial charge on any atom is -0.245 e. The van der Waals surface area contributed by atoms with Crippen molar-refractivity contribution in [3.63, 3.8) is 0 Å². The van der Waals surface area contributed by atoms with Crippen LogP contribution in [0, 0.1) is 0 Å². The van der Waals surface area contributed by atoms with Gasteiger partial charge < -0.3 is 0 Å². The Kier molecular flexibility index (Phi) is 2.58. The Hall–Kier alpha value is -1.64. The summed E-state index contributed by atoms with van der Waals surface area (Å²) in [5.41, 5.74) is 2.32. The third kappa shape index (κ3) is 1.66. The first kappa shape index (κ1) is 8.94. The van der Waals surface area contributed by atoms with Crippen LogP contribution in [0.15, 0.2) is 46.7 Å². The molecule has 72 valence electrons. The minimum atomic E-state index is 0.796. The lowest BCUT2D eigenvalue weighted by molar-refractivity contribution is 0.468. The summed E-state index contributed by atoms with van der Waals surface area (Å²) in [7, 11) is 0. The first-order chi connectivity index (χ1) is 6.92. The fourth-order valence-corrected chi connectivity index (χ4v) is 1.55. The van der Waals surface area contributed by atoms with Crippen molar-refractivity contribution in [3.05, 3.63) is 42.0 Å². The van der Waals surface area contributed by atoms with E-state index in [9.17, 15) is 0 Å². The summed E-state index contributed by atoms with van der Waals surface area (Å²) in [5.74, 6) is 0. The summed E-state index contributed by atoms with van der Waals surface area (Å²) in [6, 6.07) is 10.3. The Morgan fingerprint density at radius 2 is 2.14 bits per heavy atom. The van der Waals surface area contributed by atoms with Crippen molar-refractivity contribution in [2.24, 2.45) is 10.3 Å². The number of nitrogens with zero attached hydrogens (tertiary/aromatic N) is 3. The lowest BCUT2D eigenvalue weighted by atomic mass is 10.1. The molecule has 3 nitrogen and oxygen atoms in total. The maximum atomic E-state index is 4.07. The standard InChI is InChI=1S/C11H13N3/c1-2-11(14-9-8-12-13-14)10-6-4-3-5-7-10/h2-7H,8-9H2,1H3/b11-2+. The van der Waals surface area contributed by atoms with Gasteiger partial charge in [0.15, 0.2) is 0 Å². The molecule has 2 rings (SSSR count). The van der Waals surface area contributed by atoms with E-state index in [0.29, 0.717) is 0 Å². The summed E-state index contributed by atoms with van der Waals surface area (Å²) in [6.45, 7) is 3.70. The second-order valence-electron chi connectivity index (χ2n) is 3.12. The molecule has 0 aliphatic carbocycles. The Balaban J connectivity index is 2.27. The van der Waals surface area contributed by atoms with E-state index in [4.69, 9.17) is 0 Å². The molecule has 1 aliphatic rings. The molecule has 0 spiro atoms. The largest absolute Gasteiger partial charge is 0.245 e. The van der Waals surface area contributed by atoms with Crippen LogP contribution in [0.25, 0.3) is 5.70 Å². The van der Waals surface area contributed by atoms with Crippen LogP contribution in [0.5, 0.6) is 0 Å². The molecule has 1 aliphatic heterocycles. The SMILES string of the molecule is C/C=C(\c1ccccc1)N1CCN=N1. The van der Waals surface area contributed by atoms with Gasteiger partial charge in [0.25, 0.3) is 0 Å². The van der Waals surface area contributed by atoms with Crippen LogP contribution < -0.4 is 0 Å². The average molecular weight is 187 g/mol. The molecular weight excluding hydrogens is 174 g/mol. The van der Waals surface area contributed by atoms with E-state index >= 15 is 0 Å². The maximum absolute atomic E-state index is 4.07. The van der Waals surface area contributed by atoms with E-state index in [1.54, 1.807) is 0 Å². The fourth-order valence-electron chi connectivity index (χ4n) is 1.55. The van der Waals surface area contributed by atoms with Gasteiger partial charge in [0.05, 0.1) is 18.8 Å². The highest BCUT2D eigenvalue weighted by atomic mass is 15.6. The van der Waals surface area contributed by atoms with E-state index < -0.39 is 0 Å². The Labute approximate surface area is 83.7 Å². The molecule has 0 radical (unpaired) electrons. The monoisotopic (exact) mass is 187 g/mol. The van der Waals surface area contributed by atoms with E-state index in [0.717, 1.165) is 18.8 Å². The molecular formula is C11H13N3. The normalized spacial score (nSPS) is 16.4. The van der Waals surface area contributed by atoms with Gasteiger partial charge in [0.2, 0.25) is 0 Å². The summed E-state index contributed by atoms with van der Waals surface area (Å²) < 4.78 is 0. The lowest BCUT2D eigenvalue weighted by Gasteiger charge is -2.15. The quantitative estimate of drug-likeness (QED) is 0.699. The molecule has 1 heterocycles. The molecule has 0 saturated carbocycles. The zero-order valence-electron chi connectivity index (χ0n) is 8.22. The molecule has 0 amide bonds. The zero-order valence-corrected chi connectivity index (χ0v) is 8.22. The third-order valence-corrected chi connectivity index (χ3v) is 2.20. The second-order valence-corrected chi connectivity index (χ2v) is 3.12. The lowest BCUT2D eigenvalue weighted by Crippen LogP contribution is -2.13. The summed E-state index contributed by atoms with van der Waals surface area (Å²) >= 11 is 0. The summed E-state index contributed by atoms with van der Waals surface area (Å²) in [6.07, 6.45) is 2.07. The van der Waals surface area contributed by atoms with Gasteiger partial charge in [-0.05, 0) is 12.5 Å². The number of hydrogen-bond donors (Lipinski definition) is 0. The molecule has 14 heavy (non-hydrogen) atoms. The van der Waals surface area contributed by atoms with Crippen molar-refractivity contribution in [1.29, 1.82) is 0 Å². The van der Waals surface area contributed by atoms with Crippen molar-refractivity contribution in [2.45, 2.75) is 6.92 Å². The van der Waals surface area contributed by atoms with Crippen molar-refractivity contribution >= 4 is 5.70 Å². The van der Waals surface area contributed by atoms with Gasteiger partial charge in [0, 0.05) is 0 Å². The van der Waals surface area contributed by atoms with Crippen LogP contribution in [0.2, 0.25) is 0 Å². The van der Waals surface area contributed by atoms with E-state index in [1.165, 1.54) is 5.56 Å². The van der Waals surface area contributed by atoms with Gasteiger partial charge in [-0.25, -0.2) is 5.01 Å². The van der Waals surface area contributed by atoms with Crippen molar-refractivity contribution in [1.82, 2.24) is 5.01 Å². The highest BCUT2D eigenvalue weighted by Crippen LogP contribution is 2.21. The van der Waals surface area contributed by atoms with Crippen LogP contribution >= 0.6 is 0 Å². The van der Waals surface area contributed by atoms with Crippen molar-refractivity contribution < 1.29 is 0 Å². The van der Waals surface area contributed by atoms with E-state index in [1.807, 2.05) is 30.1 Å². The molecule has 0 saturated heterocycles. The molecule has 1 aromatic rings. The van der Waals surface area contributed by atoms with Gasteiger partial charge in [-0.3, -0.25) is 0 Å². The van der Waals surface area contributed by atoms with E-state index in [-0.39, 0.29) is 0 Å². The average Bonchev–Trinajstić information content (AvgIpc) is 2.74. The van der Waals surface area contributed by atoms with Gasteiger partial charge >= 0.3 is 0 Å². The molecule has 0 N–H and O–H groups in total. The maximum Gasteiger partial charge on any atom is 0.0817 e. The molecule has 0 fully saturated rings. The van der Waals surface area contributed by atoms with Gasteiger partial charge in [0.1, 0.15) is 0 Å². The van der Waals surface area contributed by atoms with Crippen LogP contribution in [-0.4, -0.2) is 18.1 Å². The van der Waals surface area contributed by atoms with Gasteiger partial charge in [-0.15, -0.1) is 0 Å². The van der Waals surface area contributed by atoms with Crippen LogP contribution in [0.3, 0.4) is 0 Å². The molecule has 1 aromatic carbocycles. The fraction of sp³-hybridized carbons (Fsp3) is 0.273. The predicted octanol–water partition coefficient (Wildman–Crippen LogP) is 2.73. The van der Waals surface area contributed by atoms with Crippen LogP contribution in [0.1, 0.15) is 12.5 Å². The summed E-state index contributed by atoms with van der Waals surface area (Å²) in [4.78, 5) is 0. The predicted molar refractivity (Wildman–Crippen MR) is 56.5 cm³/mol. The highest BCUT2D eigenvalue weighted by molar-refractivity contribution is 5.63. The number of hydrogen-bond acceptors (Lipinski definition) is 3. The molecule has 0 bridgehead atoms. The topological polar surface area (TPSA) is 28.0 Å². The number of rotatable bonds is 2. The van der Waals surface area contributed by atoms with Crippen LogP contribution in [0.4, 0.5) is 0 Å². The summed E-state index contributed by atoms with van der Waals surface area (Å²) in [5, 5.41) is 9.98. The highest BCUT2D eigenvalue weighted by Gasteiger charge is 2.12.